The Labute approximate surface area is 156 Å². The topological polar surface area (TPSA) is 81.4 Å². The Hall–Kier alpha value is -2.24. The van der Waals surface area contributed by atoms with Gasteiger partial charge in [0.05, 0.1) is 6.04 Å². The Morgan fingerprint density at radius 1 is 1.08 bits per heavy atom. The third-order valence-electron chi connectivity index (χ3n) is 3.61. The molecule has 2 rings (SSSR count). The van der Waals surface area contributed by atoms with Gasteiger partial charge < -0.3 is 15.8 Å². The zero-order chi connectivity index (χ0) is 18.6. The van der Waals surface area contributed by atoms with E-state index in [0.717, 1.165) is 5.56 Å². The van der Waals surface area contributed by atoms with Crippen molar-refractivity contribution < 1.29 is 14.3 Å². The predicted molar refractivity (Wildman–Crippen MR) is 98.1 cm³/mol. The Morgan fingerprint density at radius 2 is 1.72 bits per heavy atom. The van der Waals surface area contributed by atoms with E-state index in [1.165, 1.54) is 0 Å². The molecule has 0 aliphatic rings. The van der Waals surface area contributed by atoms with E-state index >= 15 is 0 Å². The minimum absolute atomic E-state index is 0.294. The highest BCUT2D eigenvalue weighted by atomic mass is 35.5. The van der Waals surface area contributed by atoms with Crippen LogP contribution in [0.4, 0.5) is 0 Å². The average molecular weight is 381 g/mol. The van der Waals surface area contributed by atoms with Crippen LogP contribution in [0.1, 0.15) is 35.8 Å². The van der Waals surface area contributed by atoms with Crippen LogP contribution in [0.25, 0.3) is 0 Å². The zero-order valence-electron chi connectivity index (χ0n) is 13.8. The highest BCUT2D eigenvalue weighted by molar-refractivity contribution is 6.35. The predicted octanol–water partition coefficient (Wildman–Crippen LogP) is 3.74. The second-order valence-corrected chi connectivity index (χ2v) is 6.39. The number of nitrogens with one attached hydrogen (secondary N) is 1. The Bertz CT molecular complexity index is 778. The second kappa shape index (κ2) is 8.23. The summed E-state index contributed by atoms with van der Waals surface area (Å²) in [4.78, 5) is 23.4. The first-order valence-corrected chi connectivity index (χ1v) is 8.35. The number of nitrogens with two attached hydrogens (primary N) is 1. The van der Waals surface area contributed by atoms with Gasteiger partial charge in [-0.1, -0.05) is 29.3 Å². The van der Waals surface area contributed by atoms with Gasteiger partial charge >= 0.3 is 0 Å². The second-order valence-electron chi connectivity index (χ2n) is 5.54. The summed E-state index contributed by atoms with van der Waals surface area (Å²) in [6, 6.07) is 11.1. The first kappa shape index (κ1) is 19.1. The van der Waals surface area contributed by atoms with Gasteiger partial charge in [-0.05, 0) is 55.8 Å². The number of primary amides is 1. The SMILES string of the molecule is C[C@H](NC(=O)[C@@H](C)Oc1ccc(C(N)=O)cc1)c1ccc(Cl)cc1Cl. The summed E-state index contributed by atoms with van der Waals surface area (Å²) >= 11 is 12.0. The van der Waals surface area contributed by atoms with Crippen LogP contribution in [0, 0.1) is 0 Å². The number of benzene rings is 2. The summed E-state index contributed by atoms with van der Waals surface area (Å²) < 4.78 is 5.58. The van der Waals surface area contributed by atoms with Crippen molar-refractivity contribution in [3.63, 3.8) is 0 Å². The summed E-state index contributed by atoms with van der Waals surface area (Å²) in [5.41, 5.74) is 6.31. The maximum absolute atomic E-state index is 12.3. The molecular weight excluding hydrogens is 363 g/mol. The van der Waals surface area contributed by atoms with Gasteiger partial charge in [0.25, 0.3) is 5.91 Å². The number of halogens is 2. The van der Waals surface area contributed by atoms with E-state index in [0.29, 0.717) is 21.4 Å². The van der Waals surface area contributed by atoms with Crippen molar-refractivity contribution >= 4 is 35.0 Å². The Kier molecular flexibility index (Phi) is 6.28. The number of hydrogen-bond donors (Lipinski definition) is 2. The number of hydrogen-bond acceptors (Lipinski definition) is 3. The molecule has 0 aromatic heterocycles. The van der Waals surface area contributed by atoms with Gasteiger partial charge in [0.15, 0.2) is 6.10 Å². The molecule has 3 N–H and O–H groups in total. The smallest absolute Gasteiger partial charge is 0.261 e. The summed E-state index contributed by atoms with van der Waals surface area (Å²) in [6.45, 7) is 3.45. The minimum Gasteiger partial charge on any atom is -0.481 e. The third-order valence-corrected chi connectivity index (χ3v) is 4.17. The molecule has 25 heavy (non-hydrogen) atoms. The summed E-state index contributed by atoms with van der Waals surface area (Å²) in [5, 5.41) is 3.85. The molecule has 7 heteroatoms. The van der Waals surface area contributed by atoms with Crippen LogP contribution >= 0.6 is 23.2 Å². The van der Waals surface area contributed by atoms with Gasteiger partial charge in [-0.15, -0.1) is 0 Å². The molecule has 2 atom stereocenters. The van der Waals surface area contributed by atoms with Crippen LogP contribution in [-0.2, 0) is 4.79 Å². The molecule has 2 amide bonds. The number of carbonyl (C=O) groups excluding carboxylic acids is 2. The first-order chi connectivity index (χ1) is 11.8. The van der Waals surface area contributed by atoms with Crippen molar-refractivity contribution in [2.75, 3.05) is 0 Å². The fraction of sp³-hybridized carbons (Fsp3) is 0.222. The number of ether oxygens (including phenoxy) is 1. The summed E-state index contributed by atoms with van der Waals surface area (Å²) in [5.74, 6) is -0.353. The van der Waals surface area contributed by atoms with E-state index in [4.69, 9.17) is 33.7 Å². The van der Waals surface area contributed by atoms with Crippen LogP contribution in [0.5, 0.6) is 5.75 Å². The molecular formula is C18H18Cl2N2O3. The fourth-order valence-electron chi connectivity index (χ4n) is 2.22. The van der Waals surface area contributed by atoms with Crippen LogP contribution < -0.4 is 15.8 Å². The van der Waals surface area contributed by atoms with Crippen LogP contribution in [0.15, 0.2) is 42.5 Å². The van der Waals surface area contributed by atoms with E-state index in [-0.39, 0.29) is 11.9 Å². The van der Waals surface area contributed by atoms with Gasteiger partial charge in [-0.3, -0.25) is 9.59 Å². The van der Waals surface area contributed by atoms with Crippen molar-refractivity contribution in [2.45, 2.75) is 26.0 Å². The fourth-order valence-corrected chi connectivity index (χ4v) is 2.79. The molecule has 0 radical (unpaired) electrons. The van der Waals surface area contributed by atoms with E-state index in [1.807, 2.05) is 6.92 Å². The zero-order valence-corrected chi connectivity index (χ0v) is 15.3. The van der Waals surface area contributed by atoms with E-state index < -0.39 is 12.0 Å². The van der Waals surface area contributed by atoms with Gasteiger partial charge in [0, 0.05) is 15.6 Å². The number of rotatable bonds is 6. The van der Waals surface area contributed by atoms with Gasteiger partial charge in [-0.2, -0.15) is 0 Å². The number of carbonyl (C=O) groups is 2. The molecule has 0 heterocycles. The van der Waals surface area contributed by atoms with Gasteiger partial charge in [-0.25, -0.2) is 0 Å². The van der Waals surface area contributed by atoms with Crippen LogP contribution in [0.2, 0.25) is 10.0 Å². The van der Waals surface area contributed by atoms with Crippen LogP contribution in [-0.4, -0.2) is 17.9 Å². The monoisotopic (exact) mass is 380 g/mol. The molecule has 0 saturated heterocycles. The quantitative estimate of drug-likeness (QED) is 0.800. The molecule has 0 unspecified atom stereocenters. The van der Waals surface area contributed by atoms with Crippen LogP contribution in [0.3, 0.4) is 0 Å². The molecule has 5 nitrogen and oxygen atoms in total. The molecule has 0 bridgehead atoms. The third kappa shape index (κ3) is 5.11. The molecule has 0 aliphatic heterocycles. The lowest BCUT2D eigenvalue weighted by Gasteiger charge is -2.20. The Morgan fingerprint density at radius 3 is 2.28 bits per heavy atom. The number of amides is 2. The van der Waals surface area contributed by atoms with E-state index in [9.17, 15) is 9.59 Å². The lowest BCUT2D eigenvalue weighted by atomic mass is 10.1. The largest absolute Gasteiger partial charge is 0.481 e. The maximum Gasteiger partial charge on any atom is 0.261 e. The minimum atomic E-state index is -0.729. The molecule has 0 saturated carbocycles. The molecule has 2 aromatic carbocycles. The normalized spacial score (nSPS) is 13.0. The lowest BCUT2D eigenvalue weighted by Crippen LogP contribution is -2.37. The summed E-state index contributed by atoms with van der Waals surface area (Å²) in [7, 11) is 0. The Balaban J connectivity index is 1.98. The average Bonchev–Trinajstić information content (AvgIpc) is 2.55. The lowest BCUT2D eigenvalue weighted by molar-refractivity contribution is -0.127. The van der Waals surface area contributed by atoms with Crippen molar-refractivity contribution in [2.24, 2.45) is 5.73 Å². The van der Waals surface area contributed by atoms with E-state index in [2.05, 4.69) is 5.32 Å². The van der Waals surface area contributed by atoms with Gasteiger partial charge in [0.1, 0.15) is 5.75 Å². The molecule has 0 spiro atoms. The molecule has 132 valence electrons. The standard InChI is InChI=1S/C18H18Cl2N2O3/c1-10(15-8-5-13(19)9-16(15)20)22-18(24)11(2)25-14-6-3-12(4-7-14)17(21)23/h3-11H,1-2H3,(H2,21,23)(H,22,24)/t10-,11+/m0/s1. The molecule has 0 aliphatic carbocycles. The van der Waals surface area contributed by atoms with Gasteiger partial charge in [0.2, 0.25) is 5.91 Å². The molecule has 0 fully saturated rings. The highest BCUT2D eigenvalue weighted by Crippen LogP contribution is 2.26. The van der Waals surface area contributed by atoms with E-state index in [1.54, 1.807) is 49.4 Å². The maximum atomic E-state index is 12.3. The highest BCUT2D eigenvalue weighted by Gasteiger charge is 2.19. The molecule has 2 aromatic rings. The van der Waals surface area contributed by atoms with Crippen molar-refractivity contribution in [3.8, 4) is 5.75 Å². The first-order valence-electron chi connectivity index (χ1n) is 7.59. The van der Waals surface area contributed by atoms with Crippen molar-refractivity contribution in [1.82, 2.24) is 5.32 Å². The van der Waals surface area contributed by atoms with Crippen molar-refractivity contribution in [3.05, 3.63) is 63.6 Å². The van der Waals surface area contributed by atoms with Crippen molar-refractivity contribution in [1.29, 1.82) is 0 Å². The summed E-state index contributed by atoms with van der Waals surface area (Å²) in [6.07, 6.45) is -0.729.